The lowest BCUT2D eigenvalue weighted by Crippen LogP contribution is -2.41. The third kappa shape index (κ3) is 8.77. The van der Waals surface area contributed by atoms with Gasteiger partial charge in [-0.3, -0.25) is 4.79 Å². The molecule has 1 heterocycles. The molecule has 0 N–H and O–H groups in total. The summed E-state index contributed by atoms with van der Waals surface area (Å²) in [6.07, 6.45) is 3.76. The minimum atomic E-state index is -0.549. The topological polar surface area (TPSA) is 65.1 Å². The van der Waals surface area contributed by atoms with Crippen molar-refractivity contribution in [3.63, 3.8) is 0 Å². The number of carbonyl (C=O) groups is 2. The minimum Gasteiger partial charge on any atom is -0.493 e. The molecule has 0 saturated carbocycles. The molecule has 2 rings (SSSR count). The van der Waals surface area contributed by atoms with Gasteiger partial charge in [0.15, 0.2) is 5.78 Å². The van der Waals surface area contributed by atoms with Gasteiger partial charge in [-0.05, 0) is 70.4 Å². The van der Waals surface area contributed by atoms with Crippen molar-refractivity contribution in [2.45, 2.75) is 65.4 Å². The number of nitrogens with zero attached hydrogens (tertiary/aromatic N) is 1. The summed E-state index contributed by atoms with van der Waals surface area (Å²) in [5.74, 6) is 0.244. The van der Waals surface area contributed by atoms with Crippen molar-refractivity contribution < 1.29 is 28.2 Å². The first-order valence-electron chi connectivity index (χ1n) is 11.5. The van der Waals surface area contributed by atoms with Gasteiger partial charge in [0.05, 0.1) is 12.2 Å². The van der Waals surface area contributed by atoms with E-state index in [9.17, 15) is 14.0 Å². The lowest BCUT2D eigenvalue weighted by Gasteiger charge is -2.33. The Hall–Kier alpha value is -2.15. The average Bonchev–Trinajstić information content (AvgIpc) is 2.70. The van der Waals surface area contributed by atoms with E-state index in [1.165, 1.54) is 12.1 Å². The summed E-state index contributed by atoms with van der Waals surface area (Å²) in [5.41, 5.74) is -0.379. The number of Topliss-reactive ketones (excluding diaryl/α,β-unsaturated/α-hetero) is 1. The Morgan fingerprint density at radius 1 is 1.22 bits per heavy atom. The van der Waals surface area contributed by atoms with Crippen molar-refractivity contribution in [2.24, 2.45) is 11.8 Å². The Bertz CT molecular complexity index is 753. The predicted molar refractivity (Wildman–Crippen MR) is 122 cm³/mol. The third-order valence-corrected chi connectivity index (χ3v) is 5.52. The van der Waals surface area contributed by atoms with E-state index >= 15 is 0 Å². The first-order chi connectivity index (χ1) is 15.1. The fourth-order valence-electron chi connectivity index (χ4n) is 3.87. The van der Waals surface area contributed by atoms with Crippen LogP contribution in [0.2, 0.25) is 0 Å². The third-order valence-electron chi connectivity index (χ3n) is 5.52. The van der Waals surface area contributed by atoms with Gasteiger partial charge in [-0.1, -0.05) is 6.92 Å². The van der Waals surface area contributed by atoms with E-state index in [2.05, 4.69) is 0 Å². The quantitative estimate of drug-likeness (QED) is 0.348. The van der Waals surface area contributed by atoms with Gasteiger partial charge in [0.25, 0.3) is 0 Å². The second kappa shape index (κ2) is 12.2. The summed E-state index contributed by atoms with van der Waals surface area (Å²) in [6, 6.07) is 4.43. The highest BCUT2D eigenvalue weighted by molar-refractivity contribution is 5.96. The average molecular weight is 452 g/mol. The van der Waals surface area contributed by atoms with Crippen LogP contribution in [0, 0.1) is 17.7 Å². The number of ether oxygens (including phenoxy) is 3. The van der Waals surface area contributed by atoms with Crippen molar-refractivity contribution in [1.82, 2.24) is 4.90 Å². The molecule has 0 bridgehead atoms. The van der Waals surface area contributed by atoms with Crippen LogP contribution in [0.5, 0.6) is 5.75 Å². The van der Waals surface area contributed by atoms with Crippen molar-refractivity contribution >= 4 is 11.9 Å². The standard InChI is InChI=1S/C25H38FNO5/c1-18(17-30-5)15-23(28)21-9-8-20(16-22(21)26)31-14-6-7-19-10-12-27(13-11-19)24(29)32-25(2,3)4/h8-9,16,18-19H,6-7,10-15,17H2,1-5H3. The fraction of sp³-hybridized carbons (Fsp3) is 0.680. The van der Waals surface area contributed by atoms with Gasteiger partial charge in [-0.2, -0.15) is 0 Å². The lowest BCUT2D eigenvalue weighted by molar-refractivity contribution is 0.0179. The summed E-state index contributed by atoms with van der Waals surface area (Å²) < 4.78 is 30.5. The van der Waals surface area contributed by atoms with Gasteiger partial charge in [0.1, 0.15) is 17.2 Å². The van der Waals surface area contributed by atoms with Crippen LogP contribution < -0.4 is 4.74 Å². The molecule has 0 aliphatic carbocycles. The maximum atomic E-state index is 14.4. The van der Waals surface area contributed by atoms with E-state index < -0.39 is 11.4 Å². The maximum absolute atomic E-state index is 14.4. The normalized spacial score (nSPS) is 16.0. The molecule has 1 amide bonds. The van der Waals surface area contributed by atoms with E-state index in [1.54, 1.807) is 18.1 Å². The highest BCUT2D eigenvalue weighted by atomic mass is 19.1. The highest BCUT2D eigenvalue weighted by Gasteiger charge is 2.26. The summed E-state index contributed by atoms with van der Waals surface area (Å²) in [6.45, 7) is 9.90. The van der Waals surface area contributed by atoms with Gasteiger partial charge >= 0.3 is 6.09 Å². The second-order valence-corrected chi connectivity index (χ2v) is 9.73. The Morgan fingerprint density at radius 2 is 1.91 bits per heavy atom. The Morgan fingerprint density at radius 3 is 2.50 bits per heavy atom. The number of rotatable bonds is 10. The number of hydrogen-bond acceptors (Lipinski definition) is 5. The number of amides is 1. The van der Waals surface area contributed by atoms with E-state index in [0.29, 0.717) is 38.0 Å². The van der Waals surface area contributed by atoms with Gasteiger partial charge < -0.3 is 19.1 Å². The van der Waals surface area contributed by atoms with E-state index in [0.717, 1.165) is 25.7 Å². The first kappa shape index (κ1) is 26.1. The van der Waals surface area contributed by atoms with Gasteiger partial charge in [0.2, 0.25) is 0 Å². The summed E-state index contributed by atoms with van der Waals surface area (Å²) in [5, 5.41) is 0. The summed E-state index contributed by atoms with van der Waals surface area (Å²) in [4.78, 5) is 26.2. The number of piperidine rings is 1. The van der Waals surface area contributed by atoms with Crippen LogP contribution >= 0.6 is 0 Å². The molecular formula is C25H38FNO5. The van der Waals surface area contributed by atoms with E-state index in [1.807, 2.05) is 27.7 Å². The molecule has 1 fully saturated rings. The number of carbonyl (C=O) groups excluding carboxylic acids is 2. The number of ketones is 1. The van der Waals surface area contributed by atoms with Crippen molar-refractivity contribution in [2.75, 3.05) is 33.4 Å². The van der Waals surface area contributed by atoms with Crippen LogP contribution in [-0.2, 0) is 9.47 Å². The highest BCUT2D eigenvalue weighted by Crippen LogP contribution is 2.24. The largest absolute Gasteiger partial charge is 0.493 e. The molecule has 1 unspecified atom stereocenters. The number of halogens is 1. The first-order valence-corrected chi connectivity index (χ1v) is 11.5. The summed E-state index contributed by atoms with van der Waals surface area (Å²) >= 11 is 0. The molecule has 7 heteroatoms. The Kier molecular flexibility index (Phi) is 9.94. The van der Waals surface area contributed by atoms with Gasteiger partial charge in [0, 0.05) is 39.3 Å². The number of methoxy groups -OCH3 is 1. The van der Waals surface area contributed by atoms with Gasteiger partial charge in [-0.25, -0.2) is 9.18 Å². The number of likely N-dealkylation sites (tertiary alicyclic amines) is 1. The van der Waals surface area contributed by atoms with Gasteiger partial charge in [-0.15, -0.1) is 0 Å². The van der Waals surface area contributed by atoms with E-state index in [4.69, 9.17) is 14.2 Å². The molecule has 1 aromatic rings. The molecule has 1 aliphatic rings. The van der Waals surface area contributed by atoms with E-state index in [-0.39, 0.29) is 29.8 Å². The molecule has 1 saturated heterocycles. The second-order valence-electron chi connectivity index (χ2n) is 9.73. The predicted octanol–water partition coefficient (Wildman–Crippen LogP) is 5.49. The van der Waals surface area contributed by atoms with Crippen LogP contribution in [0.25, 0.3) is 0 Å². The summed E-state index contributed by atoms with van der Waals surface area (Å²) in [7, 11) is 1.58. The molecule has 32 heavy (non-hydrogen) atoms. The van der Waals surface area contributed by atoms with Crippen LogP contribution in [0.1, 0.15) is 70.2 Å². The molecule has 0 aromatic heterocycles. The SMILES string of the molecule is COCC(C)CC(=O)c1ccc(OCCCC2CCN(C(=O)OC(C)(C)C)CC2)cc1F. The van der Waals surface area contributed by atoms with Crippen LogP contribution in [0.15, 0.2) is 18.2 Å². The zero-order chi connectivity index (χ0) is 23.7. The smallest absolute Gasteiger partial charge is 0.410 e. The minimum absolute atomic E-state index is 0.0406. The molecule has 1 atom stereocenters. The van der Waals surface area contributed by atoms with Crippen molar-refractivity contribution in [3.05, 3.63) is 29.6 Å². The van der Waals surface area contributed by atoms with Crippen molar-refractivity contribution in [1.29, 1.82) is 0 Å². The lowest BCUT2D eigenvalue weighted by atomic mass is 9.92. The monoisotopic (exact) mass is 451 g/mol. The molecule has 6 nitrogen and oxygen atoms in total. The van der Waals surface area contributed by atoms with Crippen LogP contribution in [0.4, 0.5) is 9.18 Å². The zero-order valence-electron chi connectivity index (χ0n) is 20.1. The van der Waals surface area contributed by atoms with Crippen LogP contribution in [0.3, 0.4) is 0 Å². The molecular weight excluding hydrogens is 413 g/mol. The molecule has 0 radical (unpaired) electrons. The number of benzene rings is 1. The Balaban J connectivity index is 1.70. The molecule has 1 aliphatic heterocycles. The van der Waals surface area contributed by atoms with Crippen LogP contribution in [-0.4, -0.2) is 55.8 Å². The molecule has 180 valence electrons. The van der Waals surface area contributed by atoms with Crippen molar-refractivity contribution in [3.8, 4) is 5.75 Å². The zero-order valence-corrected chi connectivity index (χ0v) is 20.1. The maximum Gasteiger partial charge on any atom is 0.410 e. The molecule has 1 aromatic carbocycles. The fourth-order valence-corrected chi connectivity index (χ4v) is 3.87. The number of hydrogen-bond donors (Lipinski definition) is 0. The molecule has 0 spiro atoms. The Labute approximate surface area is 191 Å².